The topological polar surface area (TPSA) is 125 Å². The highest BCUT2D eigenvalue weighted by Gasteiger charge is 2.19. The van der Waals surface area contributed by atoms with E-state index in [1.807, 2.05) is 6.92 Å². The van der Waals surface area contributed by atoms with Crippen molar-refractivity contribution in [2.24, 2.45) is 16.8 Å². The van der Waals surface area contributed by atoms with Crippen LogP contribution in [0, 0.1) is 5.92 Å². The quantitative estimate of drug-likeness (QED) is 0.290. The lowest BCUT2D eigenvalue weighted by molar-refractivity contribution is 0.0746. The summed E-state index contributed by atoms with van der Waals surface area (Å²) < 4.78 is 0. The molecule has 1 amide bonds. The van der Waals surface area contributed by atoms with Gasteiger partial charge >= 0.3 is 0 Å². The molecule has 1 rings (SSSR count). The van der Waals surface area contributed by atoms with Gasteiger partial charge in [0.2, 0.25) is 0 Å². The fraction of sp³-hybridized carbons (Fsp3) is 0.455. The summed E-state index contributed by atoms with van der Waals surface area (Å²) in [5.74, 6) is -0.548. The summed E-state index contributed by atoms with van der Waals surface area (Å²) in [6.07, 6.45) is 0. The molecule has 0 radical (unpaired) electrons. The number of amidine groups is 1. The van der Waals surface area contributed by atoms with Crippen LogP contribution in [0.25, 0.3) is 0 Å². The molecule has 8 heteroatoms. The molecular formula is C11H17N5O3. The summed E-state index contributed by atoms with van der Waals surface area (Å²) in [6.45, 7) is 4.29. The number of aromatic amines is 1. The predicted molar refractivity (Wildman–Crippen MR) is 69.0 cm³/mol. The van der Waals surface area contributed by atoms with Crippen LogP contribution in [0.1, 0.15) is 24.3 Å². The molecule has 0 aliphatic heterocycles. The Labute approximate surface area is 109 Å². The highest BCUT2D eigenvalue weighted by molar-refractivity contribution is 5.92. The molecule has 0 aliphatic rings. The predicted octanol–water partition coefficient (Wildman–Crippen LogP) is -0.386. The van der Waals surface area contributed by atoms with Crippen LogP contribution in [0.4, 0.5) is 0 Å². The molecule has 1 aromatic rings. The van der Waals surface area contributed by atoms with E-state index >= 15 is 0 Å². The van der Waals surface area contributed by atoms with Crippen LogP contribution >= 0.6 is 0 Å². The highest BCUT2D eigenvalue weighted by Crippen LogP contribution is 2.05. The van der Waals surface area contributed by atoms with E-state index in [1.165, 1.54) is 17.0 Å². The largest absolute Gasteiger partial charge is 0.409 e. The van der Waals surface area contributed by atoms with Gasteiger partial charge in [-0.25, -0.2) is 5.10 Å². The van der Waals surface area contributed by atoms with Gasteiger partial charge in [0, 0.05) is 25.1 Å². The zero-order valence-electron chi connectivity index (χ0n) is 10.8. The average Bonchev–Trinajstić information content (AvgIpc) is 2.43. The van der Waals surface area contributed by atoms with Gasteiger partial charge in [-0.1, -0.05) is 12.1 Å². The number of hydrogen-bond donors (Lipinski definition) is 3. The Hall–Kier alpha value is -2.38. The van der Waals surface area contributed by atoms with Crippen LogP contribution in [0.5, 0.6) is 0 Å². The Balaban J connectivity index is 2.82. The van der Waals surface area contributed by atoms with Crippen LogP contribution in [0.15, 0.2) is 22.1 Å². The van der Waals surface area contributed by atoms with E-state index < -0.39 is 0 Å². The molecule has 19 heavy (non-hydrogen) atoms. The molecule has 0 aromatic carbocycles. The SMILES string of the molecule is CCN(CC(C)/C(N)=N/O)C(=O)c1ccc(=O)[nH]n1. The van der Waals surface area contributed by atoms with Gasteiger partial charge in [0.1, 0.15) is 11.5 Å². The third kappa shape index (κ3) is 3.80. The molecule has 0 saturated heterocycles. The van der Waals surface area contributed by atoms with Gasteiger partial charge in [0.15, 0.2) is 0 Å². The number of aromatic nitrogens is 2. The molecule has 0 fully saturated rings. The normalized spacial score (nSPS) is 13.1. The van der Waals surface area contributed by atoms with Gasteiger partial charge < -0.3 is 15.8 Å². The lowest BCUT2D eigenvalue weighted by Crippen LogP contribution is -2.39. The molecule has 4 N–H and O–H groups in total. The average molecular weight is 267 g/mol. The van der Waals surface area contributed by atoms with Crippen molar-refractivity contribution >= 4 is 11.7 Å². The number of carbonyl (C=O) groups is 1. The van der Waals surface area contributed by atoms with Crippen LogP contribution < -0.4 is 11.3 Å². The lowest BCUT2D eigenvalue weighted by atomic mass is 10.1. The van der Waals surface area contributed by atoms with E-state index in [4.69, 9.17) is 10.9 Å². The van der Waals surface area contributed by atoms with Gasteiger partial charge in [-0.3, -0.25) is 9.59 Å². The molecule has 1 unspecified atom stereocenters. The van der Waals surface area contributed by atoms with Crippen molar-refractivity contribution in [3.8, 4) is 0 Å². The first-order valence-corrected chi connectivity index (χ1v) is 5.82. The smallest absolute Gasteiger partial charge is 0.274 e. The van der Waals surface area contributed by atoms with Crippen molar-refractivity contribution in [3.05, 3.63) is 28.2 Å². The monoisotopic (exact) mass is 267 g/mol. The summed E-state index contributed by atoms with van der Waals surface area (Å²) in [6, 6.07) is 2.60. The molecule has 0 aliphatic carbocycles. The number of amides is 1. The summed E-state index contributed by atoms with van der Waals surface area (Å²) >= 11 is 0. The maximum atomic E-state index is 12.1. The second-order valence-electron chi connectivity index (χ2n) is 4.08. The van der Waals surface area contributed by atoms with Crippen molar-refractivity contribution in [1.82, 2.24) is 15.1 Å². The summed E-state index contributed by atoms with van der Waals surface area (Å²) in [4.78, 5) is 24.5. The molecule has 1 heterocycles. The maximum absolute atomic E-state index is 12.1. The van der Waals surface area contributed by atoms with Crippen molar-refractivity contribution in [2.45, 2.75) is 13.8 Å². The fourth-order valence-electron chi connectivity index (χ4n) is 1.50. The first kappa shape index (κ1) is 14.7. The van der Waals surface area contributed by atoms with Crippen LogP contribution in [-0.4, -0.2) is 45.1 Å². The zero-order valence-corrected chi connectivity index (χ0v) is 10.8. The zero-order chi connectivity index (χ0) is 14.4. The first-order valence-electron chi connectivity index (χ1n) is 5.82. The number of hydrogen-bond acceptors (Lipinski definition) is 5. The van der Waals surface area contributed by atoms with Crippen LogP contribution in [0.2, 0.25) is 0 Å². The maximum Gasteiger partial charge on any atom is 0.274 e. The van der Waals surface area contributed by atoms with Crippen molar-refractivity contribution in [2.75, 3.05) is 13.1 Å². The third-order valence-corrected chi connectivity index (χ3v) is 2.68. The van der Waals surface area contributed by atoms with Gasteiger partial charge in [0.05, 0.1) is 0 Å². The minimum atomic E-state index is -0.371. The number of nitrogens with two attached hydrogens (primary N) is 1. The minimum Gasteiger partial charge on any atom is -0.409 e. The Morgan fingerprint density at radius 1 is 1.63 bits per heavy atom. The Morgan fingerprint density at radius 2 is 2.32 bits per heavy atom. The number of oxime groups is 1. The second-order valence-corrected chi connectivity index (χ2v) is 4.08. The molecular weight excluding hydrogens is 250 g/mol. The number of H-pyrrole nitrogens is 1. The van der Waals surface area contributed by atoms with Gasteiger partial charge in [-0.15, -0.1) is 0 Å². The van der Waals surface area contributed by atoms with Gasteiger partial charge in [0.25, 0.3) is 11.5 Å². The first-order chi connectivity index (χ1) is 8.99. The van der Waals surface area contributed by atoms with Crippen LogP contribution in [0.3, 0.4) is 0 Å². The Bertz CT molecular complexity index is 505. The molecule has 104 valence electrons. The van der Waals surface area contributed by atoms with E-state index in [2.05, 4.69) is 15.4 Å². The van der Waals surface area contributed by atoms with Crippen molar-refractivity contribution < 1.29 is 10.0 Å². The summed E-state index contributed by atoms with van der Waals surface area (Å²) in [5, 5.41) is 17.4. The fourth-order valence-corrected chi connectivity index (χ4v) is 1.50. The number of rotatable bonds is 5. The summed E-state index contributed by atoms with van der Waals surface area (Å²) in [7, 11) is 0. The number of nitrogens with zero attached hydrogens (tertiary/aromatic N) is 3. The van der Waals surface area contributed by atoms with E-state index in [-0.39, 0.29) is 28.9 Å². The van der Waals surface area contributed by atoms with Crippen molar-refractivity contribution in [1.29, 1.82) is 0 Å². The number of carbonyl (C=O) groups excluding carboxylic acids is 1. The number of nitrogens with one attached hydrogen (secondary N) is 1. The Kier molecular flexibility index (Phi) is 5.04. The molecule has 1 aromatic heterocycles. The van der Waals surface area contributed by atoms with Crippen LogP contribution in [-0.2, 0) is 0 Å². The van der Waals surface area contributed by atoms with Gasteiger partial charge in [-0.2, -0.15) is 5.10 Å². The highest BCUT2D eigenvalue weighted by atomic mass is 16.4. The molecule has 1 atom stereocenters. The third-order valence-electron chi connectivity index (χ3n) is 2.68. The van der Waals surface area contributed by atoms with Gasteiger partial charge in [-0.05, 0) is 13.0 Å². The van der Waals surface area contributed by atoms with E-state index in [9.17, 15) is 9.59 Å². The standard InChI is InChI=1S/C11H17N5O3/c1-3-16(6-7(2)10(12)15-19)11(18)8-4-5-9(17)14-13-8/h4-5,7,19H,3,6H2,1-2H3,(H2,12,15)(H,14,17). The van der Waals surface area contributed by atoms with E-state index in [0.29, 0.717) is 13.1 Å². The van der Waals surface area contributed by atoms with E-state index in [1.54, 1.807) is 6.92 Å². The minimum absolute atomic E-state index is 0.0562. The second kappa shape index (κ2) is 6.53. The Morgan fingerprint density at radius 3 is 2.79 bits per heavy atom. The molecule has 8 nitrogen and oxygen atoms in total. The molecule has 0 spiro atoms. The lowest BCUT2D eigenvalue weighted by Gasteiger charge is -2.23. The van der Waals surface area contributed by atoms with E-state index in [0.717, 1.165) is 0 Å². The summed E-state index contributed by atoms with van der Waals surface area (Å²) in [5.41, 5.74) is 5.25. The molecule has 0 saturated carbocycles. The van der Waals surface area contributed by atoms with Crippen molar-refractivity contribution in [3.63, 3.8) is 0 Å². The molecule has 0 bridgehead atoms.